The van der Waals surface area contributed by atoms with E-state index in [-0.39, 0.29) is 6.61 Å². The minimum absolute atomic E-state index is 0.203. The van der Waals surface area contributed by atoms with Crippen LogP contribution in [-0.4, -0.2) is 39.3 Å². The monoisotopic (exact) mass is 224 g/mol. The van der Waals surface area contributed by atoms with Gasteiger partial charge < -0.3 is 20.1 Å². The van der Waals surface area contributed by atoms with E-state index in [0.717, 1.165) is 25.2 Å². The molecule has 88 valence electrons. The summed E-state index contributed by atoms with van der Waals surface area (Å²) in [7, 11) is 0. The smallest absolute Gasteiger partial charge is 0.137 e. The molecule has 0 bridgehead atoms. The van der Waals surface area contributed by atoms with E-state index in [2.05, 4.69) is 15.3 Å². The molecule has 1 atom stereocenters. The van der Waals surface area contributed by atoms with Crippen molar-refractivity contribution in [3.05, 3.63) is 12.0 Å². The molecule has 1 aromatic heterocycles. The molecule has 0 fully saturated rings. The van der Waals surface area contributed by atoms with Gasteiger partial charge in [0.2, 0.25) is 0 Å². The molecular formula is C10H16N4O2. The van der Waals surface area contributed by atoms with E-state index in [4.69, 9.17) is 5.11 Å². The van der Waals surface area contributed by atoms with Crippen LogP contribution in [0.2, 0.25) is 0 Å². The van der Waals surface area contributed by atoms with Crippen molar-refractivity contribution >= 4 is 12.2 Å². The lowest BCUT2D eigenvalue weighted by Crippen LogP contribution is -2.06. The average molecular weight is 224 g/mol. The van der Waals surface area contributed by atoms with Gasteiger partial charge in [-0.15, -0.1) is 0 Å². The largest absolute Gasteiger partial charge is 0.396 e. The summed E-state index contributed by atoms with van der Waals surface area (Å²) >= 11 is 0. The molecule has 6 nitrogen and oxygen atoms in total. The Morgan fingerprint density at radius 1 is 1.50 bits per heavy atom. The van der Waals surface area contributed by atoms with Crippen LogP contribution in [0.15, 0.2) is 11.3 Å². The van der Waals surface area contributed by atoms with E-state index in [1.165, 1.54) is 0 Å². The predicted octanol–water partition coefficient (Wildman–Crippen LogP) is 0.143. The highest BCUT2D eigenvalue weighted by atomic mass is 16.3. The van der Waals surface area contributed by atoms with E-state index < -0.39 is 6.10 Å². The van der Waals surface area contributed by atoms with Gasteiger partial charge in [-0.25, -0.2) is 4.98 Å². The molecule has 3 N–H and O–H groups in total. The molecule has 0 saturated carbocycles. The molecule has 1 aromatic rings. The zero-order valence-electron chi connectivity index (χ0n) is 9.00. The fraction of sp³-hybridized carbons (Fsp3) is 0.600. The van der Waals surface area contributed by atoms with E-state index >= 15 is 0 Å². The van der Waals surface area contributed by atoms with Crippen LogP contribution < -0.4 is 5.32 Å². The Morgan fingerprint density at radius 2 is 2.38 bits per heavy atom. The normalized spacial score (nSPS) is 19.0. The third-order valence-electron chi connectivity index (χ3n) is 2.56. The average Bonchev–Trinajstić information content (AvgIpc) is 2.59. The van der Waals surface area contributed by atoms with Gasteiger partial charge in [-0.05, 0) is 12.8 Å². The Labute approximate surface area is 93.7 Å². The topological polar surface area (TPSA) is 82.7 Å². The molecule has 0 saturated heterocycles. The van der Waals surface area contributed by atoms with Gasteiger partial charge in [0.1, 0.15) is 17.6 Å². The second kappa shape index (κ2) is 5.09. The Hall–Kier alpha value is -1.40. The Morgan fingerprint density at radius 3 is 3.19 bits per heavy atom. The zero-order valence-corrected chi connectivity index (χ0v) is 9.00. The van der Waals surface area contributed by atoms with E-state index in [0.29, 0.717) is 12.2 Å². The van der Waals surface area contributed by atoms with Crippen molar-refractivity contribution in [1.82, 2.24) is 9.55 Å². The standard InChI is InChI=1S/C10H16N4O2/c15-4-2-1-3-14-7-13-9-8(16)5-11-6-12-10(9)14/h6-8,15-16H,1-5H2,(H,11,12). The summed E-state index contributed by atoms with van der Waals surface area (Å²) in [6.45, 7) is 1.32. The summed E-state index contributed by atoms with van der Waals surface area (Å²) in [6, 6.07) is 0. The summed E-state index contributed by atoms with van der Waals surface area (Å²) < 4.78 is 1.94. The van der Waals surface area contributed by atoms with E-state index in [1.54, 1.807) is 12.7 Å². The minimum Gasteiger partial charge on any atom is -0.396 e. The van der Waals surface area contributed by atoms with Crippen molar-refractivity contribution in [2.75, 3.05) is 18.5 Å². The first kappa shape index (κ1) is 11.1. The summed E-state index contributed by atoms with van der Waals surface area (Å²) in [4.78, 5) is 8.18. The van der Waals surface area contributed by atoms with Crippen molar-refractivity contribution in [1.29, 1.82) is 0 Å². The van der Waals surface area contributed by atoms with Crippen LogP contribution in [0.25, 0.3) is 0 Å². The van der Waals surface area contributed by atoms with Gasteiger partial charge in [0.25, 0.3) is 0 Å². The molecule has 6 heteroatoms. The predicted molar refractivity (Wildman–Crippen MR) is 60.5 cm³/mol. The second-order valence-electron chi connectivity index (χ2n) is 3.76. The molecule has 1 aliphatic heterocycles. The maximum absolute atomic E-state index is 9.76. The van der Waals surface area contributed by atoms with Crippen molar-refractivity contribution in [3.63, 3.8) is 0 Å². The summed E-state index contributed by atoms with van der Waals surface area (Å²) in [5, 5.41) is 21.5. The third-order valence-corrected chi connectivity index (χ3v) is 2.56. The number of aliphatic imine (C=N–C) groups is 1. The number of anilines is 1. The zero-order chi connectivity index (χ0) is 11.4. The number of hydrogen-bond donors (Lipinski definition) is 3. The number of unbranched alkanes of at least 4 members (excludes halogenated alkanes) is 1. The van der Waals surface area contributed by atoms with E-state index in [9.17, 15) is 5.11 Å². The first-order chi connectivity index (χ1) is 7.83. The van der Waals surface area contributed by atoms with Crippen LogP contribution in [0.3, 0.4) is 0 Å². The fourth-order valence-corrected chi connectivity index (χ4v) is 1.71. The minimum atomic E-state index is -0.639. The quantitative estimate of drug-likeness (QED) is 0.635. The van der Waals surface area contributed by atoms with Crippen LogP contribution >= 0.6 is 0 Å². The highest BCUT2D eigenvalue weighted by Crippen LogP contribution is 2.23. The summed E-state index contributed by atoms with van der Waals surface area (Å²) in [5.41, 5.74) is 0.640. The van der Waals surface area contributed by atoms with Crippen LogP contribution in [-0.2, 0) is 6.54 Å². The number of aliphatic hydroxyl groups excluding tert-OH is 2. The van der Waals surface area contributed by atoms with Gasteiger partial charge in [-0.3, -0.25) is 4.99 Å². The molecule has 16 heavy (non-hydrogen) atoms. The molecule has 0 radical (unpaired) electrons. The number of aliphatic hydroxyl groups is 2. The highest BCUT2D eigenvalue weighted by Gasteiger charge is 2.19. The third kappa shape index (κ3) is 2.23. The van der Waals surface area contributed by atoms with Crippen LogP contribution in [0.1, 0.15) is 24.6 Å². The lowest BCUT2D eigenvalue weighted by molar-refractivity contribution is 0.184. The Bertz CT molecular complexity index is 375. The van der Waals surface area contributed by atoms with E-state index in [1.807, 2.05) is 4.57 Å². The number of imidazole rings is 1. The van der Waals surface area contributed by atoms with Crippen molar-refractivity contribution in [2.24, 2.45) is 4.99 Å². The molecule has 1 aliphatic rings. The molecular weight excluding hydrogens is 208 g/mol. The number of fused-ring (bicyclic) bond motifs is 1. The van der Waals surface area contributed by atoms with Gasteiger partial charge in [0.05, 0.1) is 19.2 Å². The highest BCUT2D eigenvalue weighted by molar-refractivity contribution is 5.76. The number of nitrogens with zero attached hydrogens (tertiary/aromatic N) is 3. The fourth-order valence-electron chi connectivity index (χ4n) is 1.71. The number of rotatable bonds is 4. The molecule has 2 rings (SSSR count). The Balaban J connectivity index is 2.12. The van der Waals surface area contributed by atoms with Crippen LogP contribution in [0.5, 0.6) is 0 Å². The van der Waals surface area contributed by atoms with Crippen LogP contribution in [0.4, 0.5) is 5.82 Å². The molecule has 2 heterocycles. The molecule has 0 aromatic carbocycles. The van der Waals surface area contributed by atoms with Crippen molar-refractivity contribution < 1.29 is 10.2 Å². The van der Waals surface area contributed by atoms with Crippen molar-refractivity contribution in [2.45, 2.75) is 25.5 Å². The maximum Gasteiger partial charge on any atom is 0.137 e. The number of hydrogen-bond acceptors (Lipinski definition) is 5. The van der Waals surface area contributed by atoms with Crippen molar-refractivity contribution in [3.8, 4) is 0 Å². The van der Waals surface area contributed by atoms with Gasteiger partial charge in [-0.1, -0.05) is 0 Å². The first-order valence-electron chi connectivity index (χ1n) is 5.41. The summed E-state index contributed by atoms with van der Waals surface area (Å²) in [5.74, 6) is 0.798. The number of aromatic nitrogens is 2. The number of nitrogens with one attached hydrogen (secondary N) is 1. The van der Waals surface area contributed by atoms with Gasteiger partial charge in [0.15, 0.2) is 0 Å². The SMILES string of the molecule is OCCCCn1cnc2c1NC=NCC2O. The Kier molecular flexibility index (Phi) is 3.53. The first-order valence-corrected chi connectivity index (χ1v) is 5.41. The molecule has 0 aliphatic carbocycles. The van der Waals surface area contributed by atoms with Crippen LogP contribution in [0, 0.1) is 0 Å². The summed E-state index contributed by atoms with van der Waals surface area (Å²) in [6.07, 6.45) is 4.30. The lowest BCUT2D eigenvalue weighted by atomic mass is 10.2. The molecule has 1 unspecified atom stereocenters. The maximum atomic E-state index is 9.76. The number of aryl methyl sites for hydroxylation is 1. The van der Waals surface area contributed by atoms with Gasteiger partial charge >= 0.3 is 0 Å². The molecule has 0 amide bonds. The van der Waals surface area contributed by atoms with Gasteiger partial charge in [-0.2, -0.15) is 0 Å². The van der Waals surface area contributed by atoms with Gasteiger partial charge in [0, 0.05) is 13.2 Å². The second-order valence-corrected chi connectivity index (χ2v) is 3.76. The molecule has 0 spiro atoms. The lowest BCUT2D eigenvalue weighted by Gasteiger charge is -2.08.